The lowest BCUT2D eigenvalue weighted by molar-refractivity contribution is -0.145. The second-order valence-electron chi connectivity index (χ2n) is 6.87. The lowest BCUT2D eigenvalue weighted by Crippen LogP contribution is -2.52. The Morgan fingerprint density at radius 2 is 1.60 bits per heavy atom. The zero-order valence-corrected chi connectivity index (χ0v) is 20.7. The molecule has 0 saturated heterocycles. The van der Waals surface area contributed by atoms with E-state index >= 15 is 0 Å². The number of halogens is 4. The summed E-state index contributed by atoms with van der Waals surface area (Å²) in [6.07, 6.45) is 0. The zero-order valence-electron chi connectivity index (χ0n) is 16.8. The first-order valence-corrected chi connectivity index (χ1v) is 10.3. The van der Waals surface area contributed by atoms with Gasteiger partial charge >= 0.3 is 11.9 Å². The molecule has 0 fully saturated rings. The van der Waals surface area contributed by atoms with Crippen molar-refractivity contribution in [3.8, 4) is 0 Å². The van der Waals surface area contributed by atoms with Crippen molar-refractivity contribution in [1.82, 2.24) is 0 Å². The molecule has 1 aromatic rings. The fraction of sp³-hybridized carbons (Fsp3) is 0.421. The summed E-state index contributed by atoms with van der Waals surface area (Å²) in [5.74, 6) is -0.515. The molecule has 164 valence electrons. The van der Waals surface area contributed by atoms with Crippen LogP contribution in [0.1, 0.15) is 20.8 Å². The summed E-state index contributed by atoms with van der Waals surface area (Å²) in [5.41, 5.74) is -0.893. The molecule has 7 nitrogen and oxygen atoms in total. The van der Waals surface area contributed by atoms with E-state index in [0.29, 0.717) is 4.47 Å². The maximum atomic E-state index is 13.0. The molecule has 1 aromatic carbocycles. The van der Waals surface area contributed by atoms with E-state index < -0.39 is 38.8 Å². The topological polar surface area (TPSA) is 85.3 Å². The molecule has 0 aliphatic heterocycles. The van der Waals surface area contributed by atoms with Crippen LogP contribution in [0.5, 0.6) is 0 Å². The number of hydrogen-bond donors (Lipinski definition) is 0. The molecule has 0 radical (unpaired) electrons. The van der Waals surface area contributed by atoms with E-state index in [9.17, 15) is 14.4 Å². The fourth-order valence-corrected chi connectivity index (χ4v) is 2.68. The summed E-state index contributed by atoms with van der Waals surface area (Å²) < 4.78 is 7.85. The van der Waals surface area contributed by atoms with Crippen LogP contribution in [0.25, 0.3) is 0 Å². The maximum Gasteiger partial charge on any atom is 0.346 e. The van der Waals surface area contributed by atoms with Gasteiger partial charge in [0.05, 0.1) is 19.8 Å². The second kappa shape index (κ2) is 10.6. The minimum atomic E-state index is -2.44. The number of alkyl halides is 3. The summed E-state index contributed by atoms with van der Waals surface area (Å²) in [6.45, 7) is 5.25. The highest BCUT2D eigenvalue weighted by molar-refractivity contribution is 9.10. The van der Waals surface area contributed by atoms with Crippen LogP contribution in [-0.4, -0.2) is 53.3 Å². The Morgan fingerprint density at radius 1 is 1.07 bits per heavy atom. The van der Waals surface area contributed by atoms with Crippen LogP contribution >= 0.6 is 50.7 Å². The number of methoxy groups -OCH3 is 2. The van der Waals surface area contributed by atoms with Crippen LogP contribution in [-0.2, 0) is 23.9 Å². The highest BCUT2D eigenvalue weighted by Crippen LogP contribution is 2.34. The van der Waals surface area contributed by atoms with Crippen molar-refractivity contribution in [2.75, 3.05) is 19.1 Å². The smallest absolute Gasteiger partial charge is 0.346 e. The van der Waals surface area contributed by atoms with Gasteiger partial charge in [0.25, 0.3) is 9.70 Å². The second-order valence-corrected chi connectivity index (χ2v) is 10.1. The monoisotopic (exact) mass is 540 g/mol. The molecular formula is C19H20BrCl3N2O5. The van der Waals surface area contributed by atoms with E-state index in [1.54, 1.807) is 32.9 Å². The number of ether oxygens (including phenoxy) is 2. The summed E-state index contributed by atoms with van der Waals surface area (Å²) >= 11 is 20.8. The predicted octanol–water partition coefficient (Wildman–Crippen LogP) is 4.26. The molecule has 1 rings (SSSR count). The van der Waals surface area contributed by atoms with Crippen molar-refractivity contribution >= 4 is 80.1 Å². The number of benzene rings is 1. The van der Waals surface area contributed by atoms with Crippen LogP contribution in [0.4, 0.5) is 5.69 Å². The van der Waals surface area contributed by atoms with Gasteiger partial charge < -0.3 is 9.47 Å². The summed E-state index contributed by atoms with van der Waals surface area (Å²) in [7, 11) is 2.20. The molecule has 1 amide bonds. The van der Waals surface area contributed by atoms with Gasteiger partial charge in [-0.05, 0) is 50.9 Å². The highest BCUT2D eigenvalue weighted by Gasteiger charge is 2.45. The van der Waals surface area contributed by atoms with Crippen molar-refractivity contribution in [3.63, 3.8) is 0 Å². The van der Waals surface area contributed by atoms with Gasteiger partial charge in [0.2, 0.25) is 0 Å². The van der Waals surface area contributed by atoms with Crippen LogP contribution in [0.2, 0.25) is 0 Å². The van der Waals surface area contributed by atoms with Crippen molar-refractivity contribution in [1.29, 1.82) is 0 Å². The summed E-state index contributed by atoms with van der Waals surface area (Å²) in [4.78, 5) is 43.3. The van der Waals surface area contributed by atoms with Gasteiger partial charge in [0.1, 0.15) is 5.57 Å². The molecule has 30 heavy (non-hydrogen) atoms. The molecule has 0 aliphatic rings. The Hall–Kier alpha value is -1.57. The zero-order chi connectivity index (χ0) is 23.3. The van der Waals surface area contributed by atoms with E-state index in [2.05, 4.69) is 26.8 Å². The summed E-state index contributed by atoms with van der Waals surface area (Å²) in [5, 5.41) is 0. The average molecular weight is 543 g/mol. The molecule has 0 aliphatic carbocycles. The van der Waals surface area contributed by atoms with Crippen molar-refractivity contribution in [3.05, 3.63) is 34.3 Å². The minimum absolute atomic E-state index is 0.156. The Morgan fingerprint density at radius 3 is 2.00 bits per heavy atom. The largest absolute Gasteiger partial charge is 0.467 e. The number of carbonyl (C=O) groups excluding carboxylic acids is 3. The molecule has 0 bridgehead atoms. The Balaban J connectivity index is 3.89. The molecule has 0 N–H and O–H groups in total. The van der Waals surface area contributed by atoms with Crippen molar-refractivity contribution < 1.29 is 23.9 Å². The van der Waals surface area contributed by atoms with E-state index in [0.717, 1.165) is 19.1 Å². The number of carbonyl (C=O) groups is 3. The van der Waals surface area contributed by atoms with E-state index in [-0.39, 0.29) is 5.69 Å². The van der Waals surface area contributed by atoms with Crippen LogP contribution in [0, 0.1) is 0 Å². The molecular weight excluding hydrogens is 522 g/mol. The van der Waals surface area contributed by atoms with Gasteiger partial charge in [-0.15, -0.1) is 0 Å². The van der Waals surface area contributed by atoms with Crippen LogP contribution < -0.4 is 4.90 Å². The molecule has 1 unspecified atom stereocenters. The Labute approximate surface area is 198 Å². The minimum Gasteiger partial charge on any atom is -0.467 e. The van der Waals surface area contributed by atoms with Gasteiger partial charge in [-0.3, -0.25) is 9.69 Å². The standard InChI is InChI=1S/C19H20BrCl3N2O5/c1-18(2,3)24-10-13(15(26)29-4)14(16(27)30-5)25(17(28)19(21,22)23)12-8-6-11(20)7-9-12/h6-9,14H,1-5H3. The highest BCUT2D eigenvalue weighted by atomic mass is 79.9. The molecule has 0 saturated carbocycles. The lowest BCUT2D eigenvalue weighted by Gasteiger charge is -2.32. The number of aliphatic imine (C=N–C) groups is 1. The third kappa shape index (κ3) is 7.29. The SMILES string of the molecule is COC(=O)C(=C=NC(C)(C)C)C(C(=O)OC)N(C(=O)C(Cl)(Cl)Cl)c1ccc(Br)cc1. The number of rotatable bonds is 5. The number of nitrogens with zero attached hydrogens (tertiary/aromatic N) is 2. The molecule has 11 heteroatoms. The van der Waals surface area contributed by atoms with Gasteiger partial charge in [-0.2, -0.15) is 0 Å². The average Bonchev–Trinajstić information content (AvgIpc) is 2.65. The van der Waals surface area contributed by atoms with Gasteiger partial charge in [-0.1, -0.05) is 50.7 Å². The first-order valence-electron chi connectivity index (χ1n) is 8.39. The van der Waals surface area contributed by atoms with E-state index in [4.69, 9.17) is 44.3 Å². The van der Waals surface area contributed by atoms with Crippen molar-refractivity contribution in [2.24, 2.45) is 4.99 Å². The van der Waals surface area contributed by atoms with Crippen LogP contribution in [0.15, 0.2) is 39.3 Å². The van der Waals surface area contributed by atoms with E-state index in [1.807, 2.05) is 0 Å². The third-order valence-electron chi connectivity index (χ3n) is 3.44. The number of esters is 2. The summed E-state index contributed by atoms with van der Waals surface area (Å²) in [6, 6.07) is 4.51. The first-order chi connectivity index (χ1) is 13.7. The normalized spacial score (nSPS) is 12.3. The molecule has 1 atom stereocenters. The first kappa shape index (κ1) is 26.5. The number of amides is 1. The van der Waals surface area contributed by atoms with Gasteiger partial charge in [0.15, 0.2) is 6.04 Å². The lowest BCUT2D eigenvalue weighted by atomic mass is 10.0. The van der Waals surface area contributed by atoms with E-state index in [1.165, 1.54) is 12.1 Å². The van der Waals surface area contributed by atoms with Gasteiger partial charge in [0, 0.05) is 10.2 Å². The Bertz CT molecular complexity index is 870. The quantitative estimate of drug-likeness (QED) is 0.240. The molecule has 0 heterocycles. The fourth-order valence-electron chi connectivity index (χ4n) is 2.14. The number of anilines is 1. The number of hydrogen-bond acceptors (Lipinski definition) is 6. The van der Waals surface area contributed by atoms with Gasteiger partial charge in [-0.25, -0.2) is 14.6 Å². The van der Waals surface area contributed by atoms with Crippen LogP contribution in [0.3, 0.4) is 0 Å². The van der Waals surface area contributed by atoms with Crippen molar-refractivity contribution in [2.45, 2.75) is 36.1 Å². The Kier molecular flexibility index (Phi) is 9.39. The maximum absolute atomic E-state index is 13.0. The predicted molar refractivity (Wildman–Crippen MR) is 120 cm³/mol. The molecule has 0 spiro atoms. The molecule has 0 aromatic heterocycles. The third-order valence-corrected chi connectivity index (χ3v) is 4.45.